The summed E-state index contributed by atoms with van der Waals surface area (Å²) in [4.78, 5) is 29.9. The quantitative estimate of drug-likeness (QED) is 0.790. The molecule has 2 rings (SSSR count). The molecule has 0 fully saturated rings. The monoisotopic (exact) mass is 373 g/mol. The smallest absolute Gasteiger partial charge is 0.433 e. The van der Waals surface area contributed by atoms with Crippen molar-refractivity contribution in [3.8, 4) is 0 Å². The molecule has 0 spiro atoms. The van der Waals surface area contributed by atoms with Crippen LogP contribution in [0.15, 0.2) is 31.0 Å². The second kappa shape index (κ2) is 7.80. The molecular weight excluding hydrogens is 359 g/mol. The number of hydrogen-bond acceptors (Lipinski definition) is 6. The van der Waals surface area contributed by atoms with Crippen LogP contribution in [0.3, 0.4) is 0 Å². The number of aromatic nitrogens is 4. The zero-order chi connectivity index (χ0) is 19.3. The van der Waals surface area contributed by atoms with Crippen LogP contribution in [0.2, 0.25) is 0 Å². The average Bonchev–Trinajstić information content (AvgIpc) is 3.06. The first kappa shape index (κ1) is 19.1. The number of carboxylic acid groups (broad SMARTS) is 1. The molecule has 1 amide bonds. The summed E-state index contributed by atoms with van der Waals surface area (Å²) < 4.78 is 43.5. The normalized spacial score (nSPS) is 13.7. The van der Waals surface area contributed by atoms with E-state index in [1.807, 2.05) is 0 Å². The van der Waals surface area contributed by atoms with Crippen LogP contribution in [-0.2, 0) is 22.3 Å². The van der Waals surface area contributed by atoms with E-state index in [0.29, 0.717) is 0 Å². The van der Waals surface area contributed by atoms with E-state index in [9.17, 15) is 22.8 Å². The fraction of sp³-hybridized carbons (Fsp3) is 0.357. The van der Waals surface area contributed by atoms with Gasteiger partial charge in [-0.2, -0.15) is 18.3 Å². The summed E-state index contributed by atoms with van der Waals surface area (Å²) in [5.41, 5.74) is -0.770. The van der Waals surface area contributed by atoms with Crippen molar-refractivity contribution in [1.29, 1.82) is 0 Å². The second-order valence-corrected chi connectivity index (χ2v) is 5.19. The van der Waals surface area contributed by atoms with Crippen molar-refractivity contribution in [2.45, 2.75) is 31.8 Å². The molecule has 0 aliphatic rings. The number of alkyl carbamates (subject to hydrolysis) is 1. The minimum Gasteiger partial charge on any atom is -0.478 e. The standard InChI is InChI=1S/C14H14F3N5O4/c1-8(9-2-3-11(19-4-9)14(15,16)17)21-13(25)26-10(12(23)24)5-22-7-18-6-20-22/h2-4,6-8,10H,5H2,1H3,(H,21,25)(H,23,24)/t8-,10+/m0/s1. The minimum atomic E-state index is -4.57. The van der Waals surface area contributed by atoms with Gasteiger partial charge in [-0.3, -0.25) is 4.98 Å². The van der Waals surface area contributed by atoms with Crippen molar-refractivity contribution < 1.29 is 32.6 Å². The molecular formula is C14H14F3N5O4. The average molecular weight is 373 g/mol. The molecule has 0 aliphatic heterocycles. The highest BCUT2D eigenvalue weighted by Crippen LogP contribution is 2.27. The van der Waals surface area contributed by atoms with Crippen LogP contribution in [0.1, 0.15) is 24.2 Å². The van der Waals surface area contributed by atoms with Crippen molar-refractivity contribution in [2.75, 3.05) is 0 Å². The van der Waals surface area contributed by atoms with Gasteiger partial charge in [-0.25, -0.2) is 19.3 Å². The van der Waals surface area contributed by atoms with E-state index in [0.717, 1.165) is 18.3 Å². The van der Waals surface area contributed by atoms with Gasteiger partial charge in [-0.15, -0.1) is 0 Å². The Morgan fingerprint density at radius 1 is 1.38 bits per heavy atom. The molecule has 0 unspecified atom stereocenters. The maximum atomic E-state index is 12.5. The number of nitrogens with zero attached hydrogens (tertiary/aromatic N) is 4. The molecule has 2 heterocycles. The van der Waals surface area contributed by atoms with E-state index in [2.05, 4.69) is 20.4 Å². The fourth-order valence-electron chi connectivity index (χ4n) is 1.92. The van der Waals surface area contributed by atoms with Gasteiger partial charge in [0.2, 0.25) is 6.10 Å². The van der Waals surface area contributed by atoms with Gasteiger partial charge in [0.1, 0.15) is 18.3 Å². The molecule has 2 atom stereocenters. The molecule has 0 bridgehead atoms. The van der Waals surface area contributed by atoms with Gasteiger partial charge in [0, 0.05) is 6.20 Å². The Kier molecular flexibility index (Phi) is 5.75. The zero-order valence-electron chi connectivity index (χ0n) is 13.3. The van der Waals surface area contributed by atoms with Gasteiger partial charge >= 0.3 is 18.2 Å². The highest BCUT2D eigenvalue weighted by atomic mass is 19.4. The van der Waals surface area contributed by atoms with Gasteiger partial charge < -0.3 is 15.2 Å². The number of alkyl halides is 3. The molecule has 0 aliphatic carbocycles. The van der Waals surface area contributed by atoms with Crippen LogP contribution < -0.4 is 5.32 Å². The molecule has 0 saturated carbocycles. The van der Waals surface area contributed by atoms with Crippen molar-refractivity contribution >= 4 is 12.1 Å². The Labute approximate surface area is 144 Å². The predicted octanol–water partition coefficient (Wildman–Crippen LogP) is 1.63. The lowest BCUT2D eigenvalue weighted by Gasteiger charge is -2.18. The summed E-state index contributed by atoms with van der Waals surface area (Å²) in [5, 5.41) is 15.1. The number of carbonyl (C=O) groups is 2. The van der Waals surface area contributed by atoms with Crippen molar-refractivity contribution in [2.24, 2.45) is 0 Å². The summed E-state index contributed by atoms with van der Waals surface area (Å²) in [5.74, 6) is -1.39. The Bertz CT molecular complexity index is 749. The van der Waals surface area contributed by atoms with Crippen LogP contribution >= 0.6 is 0 Å². The third kappa shape index (κ3) is 5.16. The topological polar surface area (TPSA) is 119 Å². The lowest BCUT2D eigenvalue weighted by molar-refractivity contribution is -0.147. The van der Waals surface area contributed by atoms with Crippen LogP contribution in [-0.4, -0.2) is 43.0 Å². The number of hydrogen-bond donors (Lipinski definition) is 2. The number of carbonyl (C=O) groups excluding carboxylic acids is 1. The molecule has 0 aromatic carbocycles. The Hall–Kier alpha value is -3.18. The van der Waals surface area contributed by atoms with Gasteiger partial charge in [0.05, 0.1) is 12.6 Å². The first-order valence-corrected chi connectivity index (χ1v) is 7.22. The van der Waals surface area contributed by atoms with Crippen molar-refractivity contribution in [1.82, 2.24) is 25.1 Å². The summed E-state index contributed by atoms with van der Waals surface area (Å²) >= 11 is 0. The predicted molar refractivity (Wildman–Crippen MR) is 78.7 cm³/mol. The number of ether oxygens (including phenoxy) is 1. The number of halogens is 3. The third-order valence-electron chi connectivity index (χ3n) is 3.26. The molecule has 12 heteroatoms. The maximum Gasteiger partial charge on any atom is 0.433 e. The molecule has 2 aromatic rings. The van der Waals surface area contributed by atoms with Gasteiger partial charge in [-0.05, 0) is 18.6 Å². The van der Waals surface area contributed by atoms with Crippen LogP contribution in [0.4, 0.5) is 18.0 Å². The van der Waals surface area contributed by atoms with E-state index < -0.39 is 36.1 Å². The van der Waals surface area contributed by atoms with Crippen LogP contribution in [0.25, 0.3) is 0 Å². The van der Waals surface area contributed by atoms with Gasteiger partial charge in [0.15, 0.2) is 0 Å². The number of aliphatic carboxylic acids is 1. The highest BCUT2D eigenvalue weighted by molar-refractivity contribution is 5.77. The van der Waals surface area contributed by atoms with Gasteiger partial charge in [-0.1, -0.05) is 6.07 Å². The lowest BCUT2D eigenvalue weighted by Crippen LogP contribution is -2.37. The second-order valence-electron chi connectivity index (χ2n) is 5.19. The minimum absolute atomic E-state index is 0.251. The van der Waals surface area contributed by atoms with Crippen LogP contribution in [0, 0.1) is 0 Å². The Morgan fingerprint density at radius 2 is 2.12 bits per heavy atom. The summed E-state index contributed by atoms with van der Waals surface area (Å²) in [6, 6.07) is 1.19. The van der Waals surface area contributed by atoms with Crippen molar-refractivity contribution in [3.05, 3.63) is 42.2 Å². The van der Waals surface area contributed by atoms with E-state index in [1.54, 1.807) is 0 Å². The summed E-state index contributed by atoms with van der Waals surface area (Å²) in [6.07, 6.45) is -3.71. The maximum absolute atomic E-state index is 12.5. The van der Waals surface area contributed by atoms with Gasteiger partial charge in [0.25, 0.3) is 0 Å². The number of pyridine rings is 1. The molecule has 0 saturated heterocycles. The number of nitrogens with one attached hydrogen (secondary N) is 1. The Morgan fingerprint density at radius 3 is 2.62 bits per heavy atom. The number of carboxylic acids is 1. The first-order valence-electron chi connectivity index (χ1n) is 7.22. The molecule has 26 heavy (non-hydrogen) atoms. The number of rotatable bonds is 6. The largest absolute Gasteiger partial charge is 0.478 e. The molecule has 2 N–H and O–H groups in total. The number of amides is 1. The summed E-state index contributed by atoms with van der Waals surface area (Å²) in [6.45, 7) is 1.23. The Balaban J connectivity index is 1.95. The molecule has 2 aromatic heterocycles. The van der Waals surface area contributed by atoms with E-state index in [1.165, 1.54) is 24.3 Å². The highest BCUT2D eigenvalue weighted by Gasteiger charge is 2.32. The molecule has 140 valence electrons. The van der Waals surface area contributed by atoms with E-state index >= 15 is 0 Å². The van der Waals surface area contributed by atoms with E-state index in [4.69, 9.17) is 9.84 Å². The SMILES string of the molecule is C[C@H](NC(=O)O[C@H](Cn1cncn1)C(=O)O)c1ccc(C(F)(F)F)nc1. The van der Waals surface area contributed by atoms with Crippen molar-refractivity contribution in [3.63, 3.8) is 0 Å². The third-order valence-corrected chi connectivity index (χ3v) is 3.26. The molecule has 9 nitrogen and oxygen atoms in total. The van der Waals surface area contributed by atoms with Crippen LogP contribution in [0.5, 0.6) is 0 Å². The summed E-state index contributed by atoms with van der Waals surface area (Å²) in [7, 11) is 0. The zero-order valence-corrected chi connectivity index (χ0v) is 13.3. The van der Waals surface area contributed by atoms with E-state index in [-0.39, 0.29) is 12.1 Å². The fourth-order valence-corrected chi connectivity index (χ4v) is 1.92. The molecule has 0 radical (unpaired) electrons. The first-order chi connectivity index (χ1) is 12.2. The lowest BCUT2D eigenvalue weighted by atomic mass is 10.1.